The van der Waals surface area contributed by atoms with Gasteiger partial charge in [-0.25, -0.2) is 4.99 Å². The number of nitrogens with zero attached hydrogens (tertiary/aromatic N) is 3. The second-order valence-electron chi connectivity index (χ2n) is 5.15. The van der Waals surface area contributed by atoms with E-state index in [2.05, 4.69) is 23.4 Å². The van der Waals surface area contributed by atoms with E-state index in [-0.39, 0.29) is 17.7 Å². The summed E-state index contributed by atoms with van der Waals surface area (Å²) in [7, 11) is 0. The van der Waals surface area contributed by atoms with Crippen molar-refractivity contribution in [3.05, 3.63) is 34.7 Å². The number of piperidine rings is 1. The predicted octanol–water partition coefficient (Wildman–Crippen LogP) is 1.80. The minimum absolute atomic E-state index is 0.0142. The number of aliphatic hydroxyl groups excluding tert-OH is 1. The molecule has 0 unspecified atom stereocenters. The summed E-state index contributed by atoms with van der Waals surface area (Å²) in [6.45, 7) is 9.09. The molecule has 0 aliphatic carbocycles. The molecule has 1 saturated heterocycles. The van der Waals surface area contributed by atoms with E-state index in [1.165, 1.54) is 12.3 Å². The van der Waals surface area contributed by atoms with Crippen molar-refractivity contribution in [2.45, 2.75) is 26.7 Å². The van der Waals surface area contributed by atoms with Gasteiger partial charge < -0.3 is 10.0 Å². The van der Waals surface area contributed by atoms with Crippen LogP contribution in [0.25, 0.3) is 0 Å². The van der Waals surface area contributed by atoms with E-state index in [0.29, 0.717) is 0 Å². The fourth-order valence-corrected chi connectivity index (χ4v) is 1.94. The molecule has 1 fully saturated rings. The predicted molar refractivity (Wildman–Crippen MR) is 74.4 cm³/mol. The van der Waals surface area contributed by atoms with Crippen LogP contribution in [-0.2, 0) is 0 Å². The minimum Gasteiger partial charge on any atom is -0.396 e. The molecule has 1 rings (SSSR count). The van der Waals surface area contributed by atoms with Gasteiger partial charge in [-0.05, 0) is 25.2 Å². The van der Waals surface area contributed by atoms with Crippen molar-refractivity contribution in [1.82, 2.24) is 4.90 Å². The maximum atomic E-state index is 10.6. The molecule has 0 aromatic heterocycles. The molecule has 0 saturated carbocycles. The lowest BCUT2D eigenvalue weighted by Crippen LogP contribution is -2.42. The first-order valence-electron chi connectivity index (χ1n) is 6.29. The zero-order chi connectivity index (χ0) is 14.5. The molecule has 0 spiro atoms. The van der Waals surface area contributed by atoms with Crippen LogP contribution in [-0.4, -0.2) is 40.5 Å². The van der Waals surface area contributed by atoms with E-state index in [0.717, 1.165) is 31.8 Å². The maximum Gasteiger partial charge on any atom is 0.286 e. The van der Waals surface area contributed by atoms with E-state index in [9.17, 15) is 15.2 Å². The second-order valence-corrected chi connectivity index (χ2v) is 5.15. The first-order chi connectivity index (χ1) is 8.91. The normalized spacial score (nSPS) is 20.3. The lowest BCUT2D eigenvalue weighted by Gasteiger charge is -2.39. The number of rotatable bonds is 4. The number of hydrogen-bond acceptors (Lipinski definition) is 4. The molecule has 0 aromatic rings. The third kappa shape index (κ3) is 4.17. The molecular weight excluding hydrogens is 246 g/mol. The highest BCUT2D eigenvalue weighted by atomic mass is 16.6. The topological polar surface area (TPSA) is 79.0 Å². The summed E-state index contributed by atoms with van der Waals surface area (Å²) in [5.41, 5.74) is -0.128. The van der Waals surface area contributed by atoms with E-state index >= 15 is 0 Å². The summed E-state index contributed by atoms with van der Waals surface area (Å²) in [6.07, 6.45) is 4.19. The molecule has 0 radical (unpaired) electrons. The molecular formula is C13H21N3O3. The van der Waals surface area contributed by atoms with Gasteiger partial charge in [0.15, 0.2) is 0 Å². The van der Waals surface area contributed by atoms with Crippen LogP contribution in [0.5, 0.6) is 0 Å². The van der Waals surface area contributed by atoms with Crippen molar-refractivity contribution >= 4 is 5.84 Å². The Morgan fingerprint density at radius 1 is 1.58 bits per heavy atom. The van der Waals surface area contributed by atoms with Crippen LogP contribution in [0.2, 0.25) is 0 Å². The van der Waals surface area contributed by atoms with Crippen molar-refractivity contribution in [1.29, 1.82) is 0 Å². The molecule has 1 aliphatic heterocycles. The van der Waals surface area contributed by atoms with Crippen molar-refractivity contribution in [3.8, 4) is 0 Å². The Labute approximate surface area is 113 Å². The monoisotopic (exact) mass is 267 g/mol. The Bertz CT molecular complexity index is 407. The summed E-state index contributed by atoms with van der Waals surface area (Å²) < 4.78 is 0. The van der Waals surface area contributed by atoms with E-state index in [4.69, 9.17) is 0 Å². The van der Waals surface area contributed by atoms with Crippen molar-refractivity contribution < 1.29 is 10.0 Å². The van der Waals surface area contributed by atoms with E-state index < -0.39 is 4.92 Å². The van der Waals surface area contributed by atoms with Crippen molar-refractivity contribution in [3.63, 3.8) is 0 Å². The molecule has 6 heteroatoms. The van der Waals surface area contributed by atoms with Crippen LogP contribution in [0.3, 0.4) is 0 Å². The van der Waals surface area contributed by atoms with Crippen LogP contribution >= 0.6 is 0 Å². The molecule has 0 atom stereocenters. The first-order valence-corrected chi connectivity index (χ1v) is 6.29. The van der Waals surface area contributed by atoms with Gasteiger partial charge in [-0.15, -0.1) is 0 Å². The smallest absolute Gasteiger partial charge is 0.286 e. The minimum atomic E-state index is -0.511. The number of aliphatic imine (C=N–C) groups is 1. The number of allylic oxidation sites excluding steroid dienone is 1. The van der Waals surface area contributed by atoms with Gasteiger partial charge in [0.2, 0.25) is 0 Å². The molecule has 0 aromatic carbocycles. The van der Waals surface area contributed by atoms with Crippen LogP contribution in [0.15, 0.2) is 29.5 Å². The van der Waals surface area contributed by atoms with Gasteiger partial charge >= 0.3 is 0 Å². The second kappa shape index (κ2) is 6.47. The van der Waals surface area contributed by atoms with Gasteiger partial charge in [-0.3, -0.25) is 10.1 Å². The number of amidine groups is 1. The first kappa shape index (κ1) is 15.4. The summed E-state index contributed by atoms with van der Waals surface area (Å²) in [5, 5.41) is 19.9. The van der Waals surface area contributed by atoms with Crippen LogP contribution in [0.1, 0.15) is 26.7 Å². The highest BCUT2D eigenvalue weighted by Crippen LogP contribution is 2.30. The van der Waals surface area contributed by atoms with Gasteiger partial charge in [0.1, 0.15) is 12.0 Å². The Kier molecular flexibility index (Phi) is 5.23. The zero-order valence-electron chi connectivity index (χ0n) is 11.5. The Morgan fingerprint density at radius 3 is 2.58 bits per heavy atom. The van der Waals surface area contributed by atoms with Gasteiger partial charge in [-0.2, -0.15) is 0 Å². The Hall–Kier alpha value is -1.69. The maximum absolute atomic E-state index is 10.6. The van der Waals surface area contributed by atoms with Gasteiger partial charge in [-0.1, -0.05) is 13.5 Å². The van der Waals surface area contributed by atoms with Crippen molar-refractivity contribution in [2.24, 2.45) is 10.4 Å². The molecule has 106 valence electrons. The van der Waals surface area contributed by atoms with Gasteiger partial charge in [0.05, 0.1) is 4.92 Å². The van der Waals surface area contributed by atoms with Crippen LogP contribution < -0.4 is 0 Å². The molecule has 1 N–H and O–H groups in total. The standard InChI is InChI=1S/C13H21N3O3/c1-4-12(16(18)19)9-14-11(2)15-7-5-13(3,10-17)6-8-15/h4,9,17H,1,5-8,10H2,2-3H3/b12-9+,14-11?. The third-order valence-corrected chi connectivity index (χ3v) is 3.61. The summed E-state index contributed by atoms with van der Waals surface area (Å²) in [6, 6.07) is 0. The average Bonchev–Trinajstić information content (AvgIpc) is 2.39. The Morgan fingerprint density at radius 2 is 2.16 bits per heavy atom. The molecule has 1 heterocycles. The fraction of sp³-hybridized carbons (Fsp3) is 0.615. The highest BCUT2D eigenvalue weighted by molar-refractivity contribution is 5.80. The summed E-state index contributed by atoms with van der Waals surface area (Å²) >= 11 is 0. The quantitative estimate of drug-likeness (QED) is 0.277. The number of aliphatic hydroxyl groups is 1. The van der Waals surface area contributed by atoms with Gasteiger partial charge in [0.25, 0.3) is 5.70 Å². The van der Waals surface area contributed by atoms with E-state index in [1.54, 1.807) is 0 Å². The lowest BCUT2D eigenvalue weighted by atomic mass is 9.81. The highest BCUT2D eigenvalue weighted by Gasteiger charge is 2.29. The number of hydrogen-bond donors (Lipinski definition) is 1. The van der Waals surface area contributed by atoms with Crippen LogP contribution in [0, 0.1) is 15.5 Å². The molecule has 6 nitrogen and oxygen atoms in total. The van der Waals surface area contributed by atoms with Crippen molar-refractivity contribution in [2.75, 3.05) is 19.7 Å². The zero-order valence-corrected chi connectivity index (χ0v) is 11.5. The third-order valence-electron chi connectivity index (χ3n) is 3.61. The number of nitro groups is 1. The van der Waals surface area contributed by atoms with Crippen LogP contribution in [0.4, 0.5) is 0 Å². The summed E-state index contributed by atoms with van der Waals surface area (Å²) in [5.74, 6) is 0.751. The van der Waals surface area contributed by atoms with E-state index in [1.807, 2.05) is 6.92 Å². The fourth-order valence-electron chi connectivity index (χ4n) is 1.94. The lowest BCUT2D eigenvalue weighted by molar-refractivity contribution is -0.419. The number of likely N-dealkylation sites (tertiary alicyclic amines) is 1. The average molecular weight is 267 g/mol. The SMILES string of the molecule is C=C/C(=C\N=C(C)N1CCC(C)(CO)CC1)[N+](=O)[O-]. The molecule has 19 heavy (non-hydrogen) atoms. The Balaban J connectivity index is 2.67. The molecule has 0 bridgehead atoms. The van der Waals surface area contributed by atoms with Gasteiger partial charge in [0, 0.05) is 25.8 Å². The molecule has 0 amide bonds. The molecule has 1 aliphatic rings. The largest absolute Gasteiger partial charge is 0.396 e. The summed E-state index contributed by atoms with van der Waals surface area (Å²) in [4.78, 5) is 16.3.